The Morgan fingerprint density at radius 2 is 1.56 bits per heavy atom. The van der Waals surface area contributed by atoms with Crippen LogP contribution in [0.2, 0.25) is 0 Å². The molecule has 5 heteroatoms. The second-order valence-corrected chi connectivity index (χ2v) is 5.89. The summed E-state index contributed by atoms with van der Waals surface area (Å²) in [5, 5.41) is 10.9. The first-order chi connectivity index (χ1) is 12.1. The summed E-state index contributed by atoms with van der Waals surface area (Å²) in [6.45, 7) is 4.06. The molecule has 1 N–H and O–H groups in total. The maximum Gasteiger partial charge on any atom is 0.276 e. The van der Waals surface area contributed by atoms with Crippen molar-refractivity contribution in [3.63, 3.8) is 0 Å². The Morgan fingerprint density at radius 3 is 2.16 bits per heavy atom. The van der Waals surface area contributed by atoms with Gasteiger partial charge in [-0.25, -0.2) is 0 Å². The van der Waals surface area contributed by atoms with Gasteiger partial charge in [0.25, 0.3) is 5.91 Å². The van der Waals surface area contributed by atoms with Crippen molar-refractivity contribution in [2.24, 2.45) is 0 Å². The fourth-order valence-electron chi connectivity index (χ4n) is 2.20. The number of para-hydroxylation sites is 1. The molecule has 0 fully saturated rings. The first kappa shape index (κ1) is 16.6. The highest BCUT2D eigenvalue weighted by Gasteiger charge is 2.10. The summed E-state index contributed by atoms with van der Waals surface area (Å²) in [4.78, 5) is 12.2. The lowest BCUT2D eigenvalue weighted by Crippen LogP contribution is -2.14. The van der Waals surface area contributed by atoms with Crippen LogP contribution in [-0.2, 0) is 0 Å². The van der Waals surface area contributed by atoms with Gasteiger partial charge in [0.2, 0.25) is 0 Å². The number of hydrogen-bond acceptors (Lipinski definition) is 4. The van der Waals surface area contributed by atoms with E-state index in [1.165, 1.54) is 0 Å². The lowest BCUT2D eigenvalue weighted by atomic mass is 10.1. The second-order valence-electron chi connectivity index (χ2n) is 5.89. The molecule has 1 aromatic heterocycles. The number of hydrogen-bond donors (Lipinski definition) is 1. The van der Waals surface area contributed by atoms with Gasteiger partial charge in [0.05, 0.1) is 5.69 Å². The quantitative estimate of drug-likeness (QED) is 0.738. The Morgan fingerprint density at radius 1 is 0.880 bits per heavy atom. The summed E-state index contributed by atoms with van der Waals surface area (Å²) in [5.41, 5.74) is 1.81. The summed E-state index contributed by atoms with van der Waals surface area (Å²) >= 11 is 0. The zero-order valence-corrected chi connectivity index (χ0v) is 14.1. The Kier molecular flexibility index (Phi) is 5.04. The molecular weight excluding hydrogens is 314 g/mol. The van der Waals surface area contributed by atoms with Crippen molar-refractivity contribution in [1.82, 2.24) is 10.2 Å². The molecule has 1 heterocycles. The number of benzene rings is 2. The molecule has 126 valence electrons. The van der Waals surface area contributed by atoms with Crippen LogP contribution in [0.1, 0.15) is 35.9 Å². The average molecular weight is 333 g/mol. The first-order valence-corrected chi connectivity index (χ1v) is 8.10. The van der Waals surface area contributed by atoms with Crippen molar-refractivity contribution in [1.29, 1.82) is 0 Å². The van der Waals surface area contributed by atoms with Gasteiger partial charge in [-0.15, -0.1) is 5.10 Å². The van der Waals surface area contributed by atoms with Crippen molar-refractivity contribution in [2.75, 3.05) is 5.32 Å². The third-order valence-electron chi connectivity index (χ3n) is 3.60. The van der Waals surface area contributed by atoms with Crippen LogP contribution in [0, 0.1) is 0 Å². The molecule has 2 aromatic carbocycles. The van der Waals surface area contributed by atoms with Crippen molar-refractivity contribution >= 4 is 11.6 Å². The third-order valence-corrected chi connectivity index (χ3v) is 3.60. The smallest absolute Gasteiger partial charge is 0.276 e. The van der Waals surface area contributed by atoms with E-state index in [0.717, 1.165) is 11.4 Å². The van der Waals surface area contributed by atoms with Gasteiger partial charge in [-0.05, 0) is 54.4 Å². The van der Waals surface area contributed by atoms with E-state index in [1.54, 1.807) is 30.3 Å². The highest BCUT2D eigenvalue weighted by molar-refractivity contribution is 6.02. The number of ether oxygens (including phenoxy) is 1. The molecule has 0 spiro atoms. The Hall–Kier alpha value is -3.21. The number of amides is 1. The highest BCUT2D eigenvalue weighted by Crippen LogP contribution is 2.22. The minimum Gasteiger partial charge on any atom is -0.457 e. The predicted molar refractivity (Wildman–Crippen MR) is 97.0 cm³/mol. The van der Waals surface area contributed by atoms with Crippen LogP contribution in [0.5, 0.6) is 11.5 Å². The fourth-order valence-corrected chi connectivity index (χ4v) is 2.20. The predicted octanol–water partition coefficient (Wildman–Crippen LogP) is 4.64. The van der Waals surface area contributed by atoms with Gasteiger partial charge in [0.1, 0.15) is 11.5 Å². The van der Waals surface area contributed by atoms with Gasteiger partial charge in [0, 0.05) is 5.69 Å². The molecule has 0 saturated carbocycles. The molecule has 0 unspecified atom stereocenters. The number of aromatic nitrogens is 2. The highest BCUT2D eigenvalue weighted by atomic mass is 16.5. The third kappa shape index (κ3) is 4.41. The molecule has 25 heavy (non-hydrogen) atoms. The molecule has 1 amide bonds. The monoisotopic (exact) mass is 333 g/mol. The Labute approximate surface area is 146 Å². The van der Waals surface area contributed by atoms with E-state index in [-0.39, 0.29) is 17.5 Å². The minimum absolute atomic E-state index is 0.279. The van der Waals surface area contributed by atoms with Crippen molar-refractivity contribution in [3.8, 4) is 11.5 Å². The van der Waals surface area contributed by atoms with E-state index >= 15 is 0 Å². The van der Waals surface area contributed by atoms with Gasteiger partial charge < -0.3 is 10.1 Å². The zero-order chi connectivity index (χ0) is 17.6. The van der Waals surface area contributed by atoms with E-state index in [2.05, 4.69) is 15.5 Å². The molecule has 0 bridgehead atoms. The molecular formula is C20H19N3O2. The topological polar surface area (TPSA) is 64.1 Å². The molecule has 3 aromatic rings. The van der Waals surface area contributed by atoms with Crippen LogP contribution in [0.4, 0.5) is 5.69 Å². The number of rotatable bonds is 5. The van der Waals surface area contributed by atoms with E-state index in [4.69, 9.17) is 4.74 Å². The van der Waals surface area contributed by atoms with Crippen LogP contribution in [0.25, 0.3) is 0 Å². The second kappa shape index (κ2) is 7.57. The number of nitrogens with zero attached hydrogens (tertiary/aromatic N) is 2. The fraction of sp³-hybridized carbons (Fsp3) is 0.150. The Balaban J connectivity index is 1.63. The van der Waals surface area contributed by atoms with Gasteiger partial charge in [-0.1, -0.05) is 32.0 Å². The van der Waals surface area contributed by atoms with Crippen LogP contribution in [0.15, 0.2) is 66.7 Å². The number of nitrogens with one attached hydrogen (secondary N) is 1. The molecule has 0 aliphatic carbocycles. The Bertz CT molecular complexity index is 829. The van der Waals surface area contributed by atoms with Gasteiger partial charge >= 0.3 is 0 Å². The zero-order valence-electron chi connectivity index (χ0n) is 14.1. The molecule has 5 nitrogen and oxygen atoms in total. The number of carbonyl (C=O) groups is 1. The van der Waals surface area contributed by atoms with E-state index < -0.39 is 0 Å². The van der Waals surface area contributed by atoms with Gasteiger partial charge in [0.15, 0.2) is 5.69 Å². The molecule has 0 radical (unpaired) electrons. The summed E-state index contributed by atoms with van der Waals surface area (Å²) in [6.07, 6.45) is 0. The largest absolute Gasteiger partial charge is 0.457 e. The van der Waals surface area contributed by atoms with E-state index in [0.29, 0.717) is 11.4 Å². The van der Waals surface area contributed by atoms with Crippen LogP contribution < -0.4 is 10.1 Å². The maximum absolute atomic E-state index is 12.2. The summed E-state index contributed by atoms with van der Waals surface area (Å²) in [7, 11) is 0. The van der Waals surface area contributed by atoms with Crippen LogP contribution in [-0.4, -0.2) is 16.1 Å². The van der Waals surface area contributed by atoms with Crippen molar-refractivity contribution < 1.29 is 9.53 Å². The number of anilines is 1. The first-order valence-electron chi connectivity index (χ1n) is 8.10. The van der Waals surface area contributed by atoms with Crippen LogP contribution in [0.3, 0.4) is 0 Å². The standard InChI is InChI=1S/C20H19N3O2/c1-14(2)18-12-13-19(23-22-18)20(24)21-15-8-10-17(11-9-15)25-16-6-4-3-5-7-16/h3-14H,1-2H3,(H,21,24). The summed E-state index contributed by atoms with van der Waals surface area (Å²) < 4.78 is 5.72. The normalized spacial score (nSPS) is 10.5. The lowest BCUT2D eigenvalue weighted by molar-refractivity contribution is 0.102. The molecule has 3 rings (SSSR count). The number of carbonyl (C=O) groups excluding carboxylic acids is 1. The molecule has 0 aliphatic rings. The lowest BCUT2D eigenvalue weighted by Gasteiger charge is -2.08. The molecule has 0 atom stereocenters. The minimum atomic E-state index is -0.292. The molecule has 0 saturated heterocycles. The average Bonchev–Trinajstić information content (AvgIpc) is 2.64. The van der Waals surface area contributed by atoms with Crippen molar-refractivity contribution in [2.45, 2.75) is 19.8 Å². The SMILES string of the molecule is CC(C)c1ccc(C(=O)Nc2ccc(Oc3ccccc3)cc2)nn1. The van der Waals surface area contributed by atoms with E-state index in [1.807, 2.05) is 50.2 Å². The maximum atomic E-state index is 12.2. The van der Waals surface area contributed by atoms with Gasteiger partial charge in [-0.2, -0.15) is 5.10 Å². The van der Waals surface area contributed by atoms with E-state index in [9.17, 15) is 4.79 Å². The summed E-state index contributed by atoms with van der Waals surface area (Å²) in [5.74, 6) is 1.45. The van der Waals surface area contributed by atoms with Crippen molar-refractivity contribution in [3.05, 3.63) is 78.1 Å². The summed E-state index contributed by atoms with van der Waals surface area (Å²) in [6, 6.07) is 20.2. The molecule has 0 aliphatic heterocycles. The van der Waals surface area contributed by atoms with Gasteiger partial charge in [-0.3, -0.25) is 4.79 Å². The van der Waals surface area contributed by atoms with Crippen LogP contribution >= 0.6 is 0 Å².